The maximum atomic E-state index is 12.0. The number of amides is 2. The van der Waals surface area contributed by atoms with Crippen molar-refractivity contribution in [2.24, 2.45) is 0 Å². The number of rotatable bonds is 4. The summed E-state index contributed by atoms with van der Waals surface area (Å²) in [4.78, 5) is 46.0. The standard InChI is InChI=1S/C12H10N2O5/c1-2-8(15)6-13-11(16)9-4-3-7(14(18)19)5-10(9)12(13)17/h3-5H,2,6H2,1H3. The maximum Gasteiger partial charge on any atom is 0.270 e. The first-order valence-corrected chi connectivity index (χ1v) is 5.62. The number of carbonyl (C=O) groups excluding carboxylic acids is 3. The lowest BCUT2D eigenvalue weighted by molar-refractivity contribution is -0.384. The average Bonchev–Trinajstić information content (AvgIpc) is 2.63. The van der Waals surface area contributed by atoms with Gasteiger partial charge in [0.1, 0.15) is 0 Å². The molecular weight excluding hydrogens is 252 g/mol. The van der Waals surface area contributed by atoms with Gasteiger partial charge in [0, 0.05) is 18.6 Å². The van der Waals surface area contributed by atoms with Crippen molar-refractivity contribution < 1.29 is 19.3 Å². The zero-order valence-electron chi connectivity index (χ0n) is 10.1. The minimum absolute atomic E-state index is 0.0249. The number of hydrogen-bond donors (Lipinski definition) is 0. The van der Waals surface area contributed by atoms with Crippen LogP contribution in [0.1, 0.15) is 34.1 Å². The van der Waals surface area contributed by atoms with E-state index in [9.17, 15) is 24.5 Å². The van der Waals surface area contributed by atoms with Crippen LogP contribution in [-0.4, -0.2) is 34.0 Å². The summed E-state index contributed by atoms with van der Waals surface area (Å²) in [6.07, 6.45) is 0.216. The largest absolute Gasteiger partial charge is 0.298 e. The van der Waals surface area contributed by atoms with E-state index in [1.54, 1.807) is 6.92 Å². The summed E-state index contributed by atoms with van der Waals surface area (Å²) in [5, 5.41) is 10.6. The fraction of sp³-hybridized carbons (Fsp3) is 0.250. The van der Waals surface area contributed by atoms with E-state index in [4.69, 9.17) is 0 Å². The highest BCUT2D eigenvalue weighted by Gasteiger charge is 2.37. The van der Waals surface area contributed by atoms with Crippen LogP contribution in [0.4, 0.5) is 5.69 Å². The molecule has 98 valence electrons. The van der Waals surface area contributed by atoms with Crippen LogP contribution < -0.4 is 0 Å². The topological polar surface area (TPSA) is 97.6 Å². The third-order valence-corrected chi connectivity index (χ3v) is 2.89. The lowest BCUT2D eigenvalue weighted by Gasteiger charge is -2.11. The van der Waals surface area contributed by atoms with Crippen LogP contribution in [0.25, 0.3) is 0 Å². The van der Waals surface area contributed by atoms with E-state index in [0.29, 0.717) is 0 Å². The number of ketones is 1. The summed E-state index contributed by atoms with van der Waals surface area (Å²) >= 11 is 0. The van der Waals surface area contributed by atoms with E-state index in [1.165, 1.54) is 6.07 Å². The minimum Gasteiger partial charge on any atom is -0.298 e. The van der Waals surface area contributed by atoms with Gasteiger partial charge in [0.15, 0.2) is 5.78 Å². The molecule has 0 fully saturated rings. The molecule has 7 nitrogen and oxygen atoms in total. The van der Waals surface area contributed by atoms with Crippen molar-refractivity contribution in [3.05, 3.63) is 39.4 Å². The molecule has 0 N–H and O–H groups in total. The Kier molecular flexibility index (Phi) is 3.12. The zero-order valence-corrected chi connectivity index (χ0v) is 10.1. The molecule has 1 aromatic rings. The van der Waals surface area contributed by atoms with E-state index < -0.39 is 16.7 Å². The van der Waals surface area contributed by atoms with Crippen molar-refractivity contribution in [1.82, 2.24) is 4.90 Å². The van der Waals surface area contributed by atoms with Gasteiger partial charge in [-0.3, -0.25) is 29.4 Å². The fourth-order valence-electron chi connectivity index (χ4n) is 1.82. The van der Waals surface area contributed by atoms with Crippen LogP contribution in [-0.2, 0) is 4.79 Å². The van der Waals surface area contributed by atoms with Gasteiger partial charge in [0.05, 0.1) is 22.6 Å². The summed E-state index contributed by atoms with van der Waals surface area (Å²) in [6.45, 7) is 1.34. The fourth-order valence-corrected chi connectivity index (χ4v) is 1.82. The molecule has 7 heteroatoms. The Bertz CT molecular complexity index is 608. The van der Waals surface area contributed by atoms with Gasteiger partial charge in [0.25, 0.3) is 17.5 Å². The molecular formula is C12H10N2O5. The number of nitro groups is 1. The molecule has 1 aromatic carbocycles. The number of imide groups is 1. The summed E-state index contributed by atoms with van der Waals surface area (Å²) in [5.74, 6) is -1.49. The second-order valence-electron chi connectivity index (χ2n) is 4.08. The van der Waals surface area contributed by atoms with Gasteiger partial charge < -0.3 is 0 Å². The zero-order chi connectivity index (χ0) is 14.2. The molecule has 1 aliphatic heterocycles. The van der Waals surface area contributed by atoms with Crippen molar-refractivity contribution in [3.63, 3.8) is 0 Å². The molecule has 2 amide bonds. The maximum absolute atomic E-state index is 12.0. The van der Waals surface area contributed by atoms with Gasteiger partial charge in [-0.2, -0.15) is 0 Å². The van der Waals surface area contributed by atoms with Crippen molar-refractivity contribution in [2.75, 3.05) is 6.54 Å². The van der Waals surface area contributed by atoms with Gasteiger partial charge in [-0.05, 0) is 6.07 Å². The Morgan fingerprint density at radius 2 is 1.89 bits per heavy atom. The van der Waals surface area contributed by atoms with Gasteiger partial charge >= 0.3 is 0 Å². The van der Waals surface area contributed by atoms with Crippen molar-refractivity contribution >= 4 is 23.3 Å². The Hall–Kier alpha value is -2.57. The van der Waals surface area contributed by atoms with E-state index in [1.807, 2.05) is 0 Å². The first-order chi connectivity index (χ1) is 8.95. The predicted octanol–water partition coefficient (Wildman–Crippen LogP) is 1.17. The summed E-state index contributed by atoms with van der Waals surface area (Å²) in [6, 6.07) is 3.46. The Morgan fingerprint density at radius 1 is 1.26 bits per heavy atom. The summed E-state index contributed by atoms with van der Waals surface area (Å²) < 4.78 is 0. The van der Waals surface area contributed by atoms with Gasteiger partial charge in [-0.1, -0.05) is 6.92 Å². The minimum atomic E-state index is -0.662. The first-order valence-electron chi connectivity index (χ1n) is 5.62. The first kappa shape index (κ1) is 12.9. The van der Waals surface area contributed by atoms with Crippen molar-refractivity contribution in [3.8, 4) is 0 Å². The Labute approximate surface area is 108 Å². The SMILES string of the molecule is CCC(=O)CN1C(=O)c2ccc([N+](=O)[O-])cc2C1=O. The molecule has 1 aliphatic rings. The van der Waals surface area contributed by atoms with Crippen LogP contribution in [0.5, 0.6) is 0 Å². The van der Waals surface area contributed by atoms with Gasteiger partial charge in [-0.25, -0.2) is 0 Å². The van der Waals surface area contributed by atoms with Gasteiger partial charge in [-0.15, -0.1) is 0 Å². The molecule has 1 heterocycles. The molecule has 0 radical (unpaired) electrons. The second kappa shape index (κ2) is 4.60. The molecule has 0 saturated heterocycles. The number of carbonyl (C=O) groups is 3. The third-order valence-electron chi connectivity index (χ3n) is 2.89. The normalized spacial score (nSPS) is 13.6. The molecule has 0 atom stereocenters. The molecule has 0 bridgehead atoms. The van der Waals surface area contributed by atoms with Crippen molar-refractivity contribution in [2.45, 2.75) is 13.3 Å². The molecule has 2 rings (SSSR count). The monoisotopic (exact) mass is 262 g/mol. The molecule has 19 heavy (non-hydrogen) atoms. The predicted molar refractivity (Wildman–Crippen MR) is 63.8 cm³/mol. The third kappa shape index (κ3) is 2.10. The van der Waals surface area contributed by atoms with E-state index >= 15 is 0 Å². The van der Waals surface area contributed by atoms with Crippen molar-refractivity contribution in [1.29, 1.82) is 0 Å². The number of Topliss-reactive ketones (excluding diaryl/α,β-unsaturated/α-hetero) is 1. The second-order valence-corrected chi connectivity index (χ2v) is 4.08. The van der Waals surface area contributed by atoms with Crippen LogP contribution in [0.3, 0.4) is 0 Å². The number of benzene rings is 1. The Morgan fingerprint density at radius 3 is 2.47 bits per heavy atom. The molecule has 0 unspecified atom stereocenters. The molecule has 0 saturated carbocycles. The number of nitrogens with zero attached hydrogens (tertiary/aromatic N) is 2. The van der Waals surface area contributed by atoms with E-state index in [-0.39, 0.29) is 35.6 Å². The van der Waals surface area contributed by atoms with Crippen LogP contribution in [0.2, 0.25) is 0 Å². The Balaban J connectivity index is 2.38. The average molecular weight is 262 g/mol. The summed E-state index contributed by atoms with van der Waals surface area (Å²) in [5.41, 5.74) is -0.189. The van der Waals surface area contributed by atoms with E-state index in [0.717, 1.165) is 17.0 Å². The number of fused-ring (bicyclic) bond motifs is 1. The lowest BCUT2D eigenvalue weighted by Crippen LogP contribution is -2.34. The molecule has 0 aliphatic carbocycles. The highest BCUT2D eigenvalue weighted by atomic mass is 16.6. The van der Waals surface area contributed by atoms with Gasteiger partial charge in [0.2, 0.25) is 0 Å². The van der Waals surface area contributed by atoms with Crippen LogP contribution >= 0.6 is 0 Å². The number of hydrogen-bond acceptors (Lipinski definition) is 5. The molecule has 0 aromatic heterocycles. The number of nitro benzene ring substituents is 1. The van der Waals surface area contributed by atoms with E-state index in [2.05, 4.69) is 0 Å². The summed E-state index contributed by atoms with van der Waals surface area (Å²) in [7, 11) is 0. The lowest BCUT2D eigenvalue weighted by atomic mass is 10.1. The molecule has 0 spiro atoms. The number of non-ortho nitro benzene ring substituents is 1. The van der Waals surface area contributed by atoms with Crippen LogP contribution in [0, 0.1) is 10.1 Å². The highest BCUT2D eigenvalue weighted by Crippen LogP contribution is 2.26. The quantitative estimate of drug-likeness (QED) is 0.461. The highest BCUT2D eigenvalue weighted by molar-refractivity contribution is 6.22. The van der Waals surface area contributed by atoms with Crippen LogP contribution in [0.15, 0.2) is 18.2 Å². The smallest absolute Gasteiger partial charge is 0.270 e.